The Labute approximate surface area is 190 Å². The van der Waals surface area contributed by atoms with E-state index in [9.17, 15) is 9.18 Å². The molecule has 1 saturated heterocycles. The summed E-state index contributed by atoms with van der Waals surface area (Å²) in [6.45, 7) is 2.55. The largest absolute Gasteiger partial charge is 0.459 e. The molecule has 0 bridgehead atoms. The van der Waals surface area contributed by atoms with Gasteiger partial charge >= 0.3 is 0 Å². The van der Waals surface area contributed by atoms with E-state index in [0.717, 1.165) is 5.56 Å². The minimum absolute atomic E-state index is 0.143. The molecule has 1 fully saturated rings. The lowest BCUT2D eigenvalue weighted by Crippen LogP contribution is -2.50. The van der Waals surface area contributed by atoms with Crippen LogP contribution in [0.4, 0.5) is 4.39 Å². The lowest BCUT2D eigenvalue weighted by atomic mass is 10.0. The normalized spacial score (nSPS) is 15.5. The molecule has 1 aliphatic heterocycles. The molecule has 5 rings (SSSR count). The zero-order valence-electron chi connectivity index (χ0n) is 17.9. The van der Waals surface area contributed by atoms with Gasteiger partial charge in [0.1, 0.15) is 11.9 Å². The number of piperazine rings is 1. The number of benzene rings is 2. The topological polar surface area (TPSA) is 80.3 Å². The molecule has 0 radical (unpaired) electrons. The van der Waals surface area contributed by atoms with Crippen molar-refractivity contribution in [3.8, 4) is 0 Å². The molecule has 0 N–H and O–H groups in total. The Kier molecular flexibility index (Phi) is 5.95. The quantitative estimate of drug-likeness (QED) is 0.453. The van der Waals surface area contributed by atoms with Crippen molar-refractivity contribution in [1.29, 1.82) is 0 Å². The van der Waals surface area contributed by atoms with Gasteiger partial charge in [0.05, 0.1) is 12.8 Å². The third-order valence-corrected chi connectivity index (χ3v) is 5.88. The number of halogens is 1. The lowest BCUT2D eigenvalue weighted by Gasteiger charge is -2.38. The minimum atomic E-state index is -0.481. The van der Waals surface area contributed by atoms with Crippen LogP contribution in [-0.2, 0) is 6.54 Å². The standard InChI is InChI=1S/C24H23FN6O2/c25-20-10-5-4-9-19(20)22(23-26-27-28-31(23)17-18-7-2-1-3-8-18)29-12-14-30(15-13-29)24(32)21-11-6-16-33-21/h1-11,16,22H,12-15,17H2/t22-/m1/s1. The number of amides is 1. The third kappa shape index (κ3) is 4.40. The van der Waals surface area contributed by atoms with Crippen LogP contribution in [0, 0.1) is 5.82 Å². The molecule has 1 aliphatic rings. The first kappa shape index (κ1) is 21.0. The average molecular weight is 446 g/mol. The van der Waals surface area contributed by atoms with Crippen LogP contribution < -0.4 is 0 Å². The molecule has 8 nitrogen and oxygen atoms in total. The van der Waals surface area contributed by atoms with E-state index < -0.39 is 6.04 Å². The van der Waals surface area contributed by atoms with Gasteiger partial charge in [0.25, 0.3) is 5.91 Å². The Bertz CT molecular complexity index is 1200. The van der Waals surface area contributed by atoms with Crippen LogP contribution in [0.1, 0.15) is 33.5 Å². The summed E-state index contributed by atoms with van der Waals surface area (Å²) in [7, 11) is 0. The fourth-order valence-electron chi connectivity index (χ4n) is 4.21. The molecule has 0 spiro atoms. The molecule has 1 atom stereocenters. The van der Waals surface area contributed by atoms with Gasteiger partial charge in [-0.05, 0) is 34.2 Å². The highest BCUT2D eigenvalue weighted by Gasteiger charge is 2.33. The number of carbonyl (C=O) groups excluding carboxylic acids is 1. The zero-order valence-corrected chi connectivity index (χ0v) is 17.9. The van der Waals surface area contributed by atoms with E-state index >= 15 is 0 Å². The predicted octanol–water partition coefficient (Wildman–Crippen LogP) is 3.00. The van der Waals surface area contributed by atoms with Crippen LogP contribution in [0.15, 0.2) is 77.4 Å². The van der Waals surface area contributed by atoms with Crippen LogP contribution >= 0.6 is 0 Å². The maximum Gasteiger partial charge on any atom is 0.289 e. The van der Waals surface area contributed by atoms with E-state index in [1.54, 1.807) is 33.8 Å². The highest BCUT2D eigenvalue weighted by Crippen LogP contribution is 2.30. The van der Waals surface area contributed by atoms with Gasteiger partial charge in [0.2, 0.25) is 0 Å². The number of tetrazole rings is 1. The molecule has 33 heavy (non-hydrogen) atoms. The highest BCUT2D eigenvalue weighted by molar-refractivity contribution is 5.91. The Balaban J connectivity index is 1.42. The van der Waals surface area contributed by atoms with Gasteiger partial charge in [-0.15, -0.1) is 5.10 Å². The van der Waals surface area contributed by atoms with Crippen molar-refractivity contribution >= 4 is 5.91 Å². The highest BCUT2D eigenvalue weighted by atomic mass is 19.1. The fourth-order valence-corrected chi connectivity index (χ4v) is 4.21. The van der Waals surface area contributed by atoms with Gasteiger partial charge in [0, 0.05) is 31.7 Å². The predicted molar refractivity (Wildman–Crippen MR) is 118 cm³/mol. The van der Waals surface area contributed by atoms with E-state index in [1.807, 2.05) is 36.4 Å². The van der Waals surface area contributed by atoms with Crippen molar-refractivity contribution < 1.29 is 13.6 Å². The van der Waals surface area contributed by atoms with E-state index in [2.05, 4.69) is 20.4 Å². The number of furan rings is 1. The summed E-state index contributed by atoms with van der Waals surface area (Å²) in [5.74, 6) is 0.428. The van der Waals surface area contributed by atoms with Crippen molar-refractivity contribution in [1.82, 2.24) is 30.0 Å². The summed E-state index contributed by atoms with van der Waals surface area (Å²) in [5.41, 5.74) is 1.56. The fraction of sp³-hybridized carbons (Fsp3) is 0.250. The van der Waals surface area contributed by atoms with Gasteiger partial charge in [-0.1, -0.05) is 48.5 Å². The van der Waals surface area contributed by atoms with Gasteiger partial charge in [-0.25, -0.2) is 9.07 Å². The molecule has 0 aliphatic carbocycles. The van der Waals surface area contributed by atoms with Crippen LogP contribution in [0.2, 0.25) is 0 Å². The lowest BCUT2D eigenvalue weighted by molar-refractivity contribution is 0.0557. The SMILES string of the molecule is O=C(c1ccco1)N1CCN([C@H](c2ccccc2F)c2nnnn2Cc2ccccc2)CC1. The maximum atomic E-state index is 15.0. The number of rotatable bonds is 6. The van der Waals surface area contributed by atoms with Crippen molar-refractivity contribution in [2.24, 2.45) is 0 Å². The molecule has 0 unspecified atom stereocenters. The Hall–Kier alpha value is -3.85. The molecule has 2 aromatic carbocycles. The molecule has 1 amide bonds. The second-order valence-electron chi connectivity index (χ2n) is 7.91. The molecule has 2 aromatic heterocycles. The van der Waals surface area contributed by atoms with Crippen LogP contribution in [-0.4, -0.2) is 62.1 Å². The first-order valence-corrected chi connectivity index (χ1v) is 10.8. The summed E-state index contributed by atoms with van der Waals surface area (Å²) in [6, 6.07) is 19.5. The minimum Gasteiger partial charge on any atom is -0.459 e. The Morgan fingerprint density at radius 2 is 1.73 bits per heavy atom. The summed E-state index contributed by atoms with van der Waals surface area (Å²) < 4.78 is 21.9. The number of hydrogen-bond acceptors (Lipinski definition) is 6. The smallest absolute Gasteiger partial charge is 0.289 e. The van der Waals surface area contributed by atoms with Gasteiger partial charge in [-0.3, -0.25) is 9.69 Å². The molecule has 9 heteroatoms. The average Bonchev–Trinajstić information content (AvgIpc) is 3.54. The second kappa shape index (κ2) is 9.33. The molecule has 0 saturated carbocycles. The monoisotopic (exact) mass is 446 g/mol. The first-order chi connectivity index (χ1) is 16.2. The Morgan fingerprint density at radius 3 is 2.45 bits per heavy atom. The van der Waals surface area contributed by atoms with Crippen LogP contribution in [0.3, 0.4) is 0 Å². The van der Waals surface area contributed by atoms with E-state index in [0.29, 0.717) is 49.9 Å². The summed E-state index contributed by atoms with van der Waals surface area (Å²) in [5, 5.41) is 12.4. The second-order valence-corrected chi connectivity index (χ2v) is 7.91. The van der Waals surface area contributed by atoms with Crippen molar-refractivity contribution in [3.05, 3.63) is 102 Å². The van der Waals surface area contributed by atoms with Gasteiger partial charge in [-0.2, -0.15) is 0 Å². The van der Waals surface area contributed by atoms with Gasteiger partial charge in [0.15, 0.2) is 11.6 Å². The number of carbonyl (C=O) groups is 1. The van der Waals surface area contributed by atoms with E-state index in [1.165, 1.54) is 12.3 Å². The maximum absolute atomic E-state index is 15.0. The molecule has 168 valence electrons. The van der Waals surface area contributed by atoms with E-state index in [4.69, 9.17) is 4.42 Å². The molecular weight excluding hydrogens is 423 g/mol. The van der Waals surface area contributed by atoms with Crippen molar-refractivity contribution in [2.75, 3.05) is 26.2 Å². The van der Waals surface area contributed by atoms with Crippen molar-refractivity contribution in [2.45, 2.75) is 12.6 Å². The molecular formula is C24H23FN6O2. The zero-order chi connectivity index (χ0) is 22.6. The summed E-state index contributed by atoms with van der Waals surface area (Å²) in [4.78, 5) is 16.5. The number of aromatic nitrogens is 4. The summed E-state index contributed by atoms with van der Waals surface area (Å²) >= 11 is 0. The van der Waals surface area contributed by atoms with Crippen LogP contribution in [0.5, 0.6) is 0 Å². The van der Waals surface area contributed by atoms with Crippen LogP contribution in [0.25, 0.3) is 0 Å². The Morgan fingerprint density at radius 1 is 0.970 bits per heavy atom. The summed E-state index contributed by atoms with van der Waals surface area (Å²) in [6.07, 6.45) is 1.49. The number of nitrogens with zero attached hydrogens (tertiary/aromatic N) is 6. The van der Waals surface area contributed by atoms with Gasteiger partial charge < -0.3 is 9.32 Å². The third-order valence-electron chi connectivity index (χ3n) is 5.88. The molecule has 4 aromatic rings. The number of hydrogen-bond donors (Lipinski definition) is 0. The van der Waals surface area contributed by atoms with Crippen molar-refractivity contribution in [3.63, 3.8) is 0 Å². The first-order valence-electron chi connectivity index (χ1n) is 10.8. The van der Waals surface area contributed by atoms with E-state index in [-0.39, 0.29) is 11.7 Å². The molecule has 3 heterocycles.